The van der Waals surface area contributed by atoms with Gasteiger partial charge in [-0.3, -0.25) is 0 Å². The summed E-state index contributed by atoms with van der Waals surface area (Å²) in [7, 11) is 1.58. The molecule has 0 aliphatic rings. The number of hydrogen-bond donors (Lipinski definition) is 1. The molecule has 0 unspecified atom stereocenters. The molecule has 0 spiro atoms. The van der Waals surface area contributed by atoms with Crippen molar-refractivity contribution >= 4 is 15.9 Å². The molecule has 0 aliphatic heterocycles. The second-order valence-electron chi connectivity index (χ2n) is 4.58. The monoisotopic (exact) mass is 336 g/mol. The Balaban J connectivity index is 2.43. The largest absolute Gasteiger partial charge is 0.496 e. The Hall–Kier alpha value is -1.52. The number of halogens is 1. The smallest absolute Gasteiger partial charge is 0.141 e. The Bertz CT molecular complexity index is 609. The topological polar surface area (TPSA) is 38.7 Å². The van der Waals surface area contributed by atoms with Crippen LogP contribution in [0.2, 0.25) is 0 Å². The Labute approximate surface area is 127 Å². The molecule has 0 bridgehead atoms. The Kier molecular flexibility index (Phi) is 4.68. The van der Waals surface area contributed by atoms with E-state index in [-0.39, 0.29) is 0 Å². The van der Waals surface area contributed by atoms with Crippen LogP contribution in [-0.4, -0.2) is 12.2 Å². The van der Waals surface area contributed by atoms with Crippen LogP contribution in [0.15, 0.2) is 40.9 Å². The van der Waals surface area contributed by atoms with E-state index in [1.54, 1.807) is 20.1 Å². The van der Waals surface area contributed by atoms with Gasteiger partial charge in [-0.1, -0.05) is 12.1 Å². The van der Waals surface area contributed by atoms with Crippen molar-refractivity contribution in [1.29, 1.82) is 0 Å². The number of hydrogen-bond acceptors (Lipinski definition) is 3. The maximum Gasteiger partial charge on any atom is 0.141 e. The molecule has 106 valence electrons. The molecule has 3 nitrogen and oxygen atoms in total. The molecule has 1 atom stereocenters. The molecule has 0 aromatic heterocycles. The van der Waals surface area contributed by atoms with E-state index in [2.05, 4.69) is 15.9 Å². The van der Waals surface area contributed by atoms with Crippen LogP contribution >= 0.6 is 15.9 Å². The van der Waals surface area contributed by atoms with Gasteiger partial charge in [0.2, 0.25) is 0 Å². The highest BCUT2D eigenvalue weighted by Crippen LogP contribution is 2.38. The fraction of sp³-hybridized carbons (Fsp3) is 0.250. The number of methoxy groups -OCH3 is 1. The van der Waals surface area contributed by atoms with E-state index in [9.17, 15) is 5.11 Å². The van der Waals surface area contributed by atoms with Crippen LogP contribution in [0.1, 0.15) is 24.2 Å². The van der Waals surface area contributed by atoms with Crippen molar-refractivity contribution in [3.8, 4) is 17.2 Å². The van der Waals surface area contributed by atoms with Crippen LogP contribution in [0.5, 0.6) is 17.2 Å². The lowest BCUT2D eigenvalue weighted by molar-refractivity contribution is 0.190. The maximum absolute atomic E-state index is 9.94. The van der Waals surface area contributed by atoms with Gasteiger partial charge in [-0.15, -0.1) is 0 Å². The molecule has 2 rings (SSSR count). The second-order valence-corrected chi connectivity index (χ2v) is 5.44. The lowest BCUT2D eigenvalue weighted by Gasteiger charge is -2.17. The minimum Gasteiger partial charge on any atom is -0.496 e. The number of aliphatic hydroxyl groups excluding tert-OH is 1. The van der Waals surface area contributed by atoms with Crippen LogP contribution < -0.4 is 9.47 Å². The molecule has 2 aromatic carbocycles. The van der Waals surface area contributed by atoms with Gasteiger partial charge < -0.3 is 14.6 Å². The van der Waals surface area contributed by atoms with Gasteiger partial charge in [-0.2, -0.15) is 0 Å². The summed E-state index contributed by atoms with van der Waals surface area (Å²) < 4.78 is 12.1. The van der Waals surface area contributed by atoms with Crippen molar-refractivity contribution in [3.05, 3.63) is 52.0 Å². The van der Waals surface area contributed by atoms with Gasteiger partial charge in [0, 0.05) is 0 Å². The zero-order valence-corrected chi connectivity index (χ0v) is 13.3. The Morgan fingerprint density at radius 3 is 2.40 bits per heavy atom. The lowest BCUT2D eigenvalue weighted by atomic mass is 10.1. The predicted octanol–water partition coefficient (Wildman–Crippen LogP) is 4.61. The minimum atomic E-state index is -0.676. The first kappa shape index (κ1) is 14.9. The van der Waals surface area contributed by atoms with Gasteiger partial charge >= 0.3 is 0 Å². The van der Waals surface area contributed by atoms with Crippen LogP contribution in [0.25, 0.3) is 0 Å². The zero-order valence-electron chi connectivity index (χ0n) is 11.7. The molecular formula is C16H17BrO3. The molecule has 2 aromatic rings. The van der Waals surface area contributed by atoms with E-state index >= 15 is 0 Å². The molecule has 1 N–H and O–H groups in total. The summed E-state index contributed by atoms with van der Waals surface area (Å²) in [5, 5.41) is 9.94. The summed E-state index contributed by atoms with van der Waals surface area (Å²) in [5.41, 5.74) is 1.79. The number of rotatable bonds is 4. The molecular weight excluding hydrogens is 320 g/mol. The zero-order chi connectivity index (χ0) is 14.7. The van der Waals surface area contributed by atoms with Crippen molar-refractivity contribution in [3.63, 3.8) is 0 Å². The lowest BCUT2D eigenvalue weighted by Crippen LogP contribution is -2.00. The third kappa shape index (κ3) is 3.14. The average molecular weight is 337 g/mol. The van der Waals surface area contributed by atoms with Crippen molar-refractivity contribution < 1.29 is 14.6 Å². The summed E-state index contributed by atoms with van der Waals surface area (Å²) in [6.07, 6.45) is -0.676. The number of aryl methyl sites for hydroxylation is 1. The summed E-state index contributed by atoms with van der Waals surface area (Å²) in [6.45, 7) is 3.70. The van der Waals surface area contributed by atoms with Crippen LogP contribution in [0, 0.1) is 6.92 Å². The Morgan fingerprint density at radius 2 is 1.80 bits per heavy atom. The highest BCUT2D eigenvalue weighted by atomic mass is 79.9. The summed E-state index contributed by atoms with van der Waals surface area (Å²) in [5.74, 6) is 1.90. The fourth-order valence-corrected chi connectivity index (χ4v) is 2.58. The van der Waals surface area contributed by atoms with Gasteiger partial charge in [-0.05, 0) is 59.6 Å². The molecule has 0 heterocycles. The average Bonchev–Trinajstić information content (AvgIpc) is 2.41. The number of benzene rings is 2. The third-order valence-electron chi connectivity index (χ3n) is 2.97. The van der Waals surface area contributed by atoms with Crippen molar-refractivity contribution in [1.82, 2.24) is 0 Å². The summed E-state index contributed by atoms with van der Waals surface area (Å²) in [4.78, 5) is 0. The fourth-order valence-electron chi connectivity index (χ4n) is 2.01. The van der Waals surface area contributed by atoms with E-state index in [4.69, 9.17) is 9.47 Å². The molecule has 0 aliphatic carbocycles. The van der Waals surface area contributed by atoms with Crippen molar-refractivity contribution in [2.24, 2.45) is 0 Å². The van der Waals surface area contributed by atoms with Gasteiger partial charge in [-0.25, -0.2) is 0 Å². The SMILES string of the molecule is COc1cccc(Oc2ccc(C)cc2Br)c1[C@H](C)O. The number of ether oxygens (including phenoxy) is 2. The van der Waals surface area contributed by atoms with E-state index < -0.39 is 6.10 Å². The van der Waals surface area contributed by atoms with Gasteiger partial charge in [0.1, 0.15) is 17.2 Å². The molecule has 0 amide bonds. The third-order valence-corrected chi connectivity index (χ3v) is 3.59. The molecule has 0 fully saturated rings. The molecule has 0 radical (unpaired) electrons. The predicted molar refractivity (Wildman–Crippen MR) is 82.6 cm³/mol. The molecule has 0 saturated carbocycles. The highest BCUT2D eigenvalue weighted by molar-refractivity contribution is 9.10. The maximum atomic E-state index is 9.94. The molecule has 4 heteroatoms. The van der Waals surface area contributed by atoms with Crippen LogP contribution in [-0.2, 0) is 0 Å². The van der Waals surface area contributed by atoms with Gasteiger partial charge in [0.15, 0.2) is 0 Å². The number of aliphatic hydroxyl groups is 1. The quantitative estimate of drug-likeness (QED) is 0.885. The van der Waals surface area contributed by atoms with E-state index in [1.807, 2.05) is 37.3 Å². The molecule has 20 heavy (non-hydrogen) atoms. The van der Waals surface area contributed by atoms with Gasteiger partial charge in [0.05, 0.1) is 23.2 Å². The van der Waals surface area contributed by atoms with Gasteiger partial charge in [0.25, 0.3) is 0 Å². The first-order chi connectivity index (χ1) is 9.52. The van der Waals surface area contributed by atoms with E-state index in [0.29, 0.717) is 22.8 Å². The first-order valence-corrected chi connectivity index (χ1v) is 7.11. The Morgan fingerprint density at radius 1 is 1.10 bits per heavy atom. The summed E-state index contributed by atoms with van der Waals surface area (Å²) >= 11 is 3.48. The van der Waals surface area contributed by atoms with E-state index in [0.717, 1.165) is 10.0 Å². The van der Waals surface area contributed by atoms with Crippen LogP contribution in [0.3, 0.4) is 0 Å². The normalized spacial score (nSPS) is 12.1. The second kappa shape index (κ2) is 6.29. The molecule has 0 saturated heterocycles. The van der Waals surface area contributed by atoms with Crippen LogP contribution in [0.4, 0.5) is 0 Å². The van der Waals surface area contributed by atoms with Crippen molar-refractivity contribution in [2.75, 3.05) is 7.11 Å². The standard InChI is InChI=1S/C16H17BrO3/c1-10-7-8-13(12(17)9-10)20-15-6-4-5-14(19-3)16(15)11(2)18/h4-9,11,18H,1-3H3/t11-/m0/s1. The van der Waals surface area contributed by atoms with Crippen molar-refractivity contribution in [2.45, 2.75) is 20.0 Å². The highest BCUT2D eigenvalue weighted by Gasteiger charge is 2.16. The first-order valence-electron chi connectivity index (χ1n) is 6.32. The summed E-state index contributed by atoms with van der Waals surface area (Å²) in [6, 6.07) is 11.3. The minimum absolute atomic E-state index is 0.587. The van der Waals surface area contributed by atoms with E-state index in [1.165, 1.54) is 0 Å².